The van der Waals surface area contributed by atoms with E-state index in [1.54, 1.807) is 0 Å². The third kappa shape index (κ3) is 9.77. The molecular formula is C18H26N6O9. The normalized spacial score (nSPS) is 14.2. The Hall–Kier alpha value is -4.01. The number of aromatic amines is 1. The molecule has 3 amide bonds. The van der Waals surface area contributed by atoms with Gasteiger partial charge in [0, 0.05) is 24.7 Å². The van der Waals surface area contributed by atoms with Gasteiger partial charge in [0.2, 0.25) is 17.7 Å². The van der Waals surface area contributed by atoms with E-state index < -0.39 is 66.2 Å². The molecule has 0 saturated carbocycles. The molecule has 0 aliphatic heterocycles. The van der Waals surface area contributed by atoms with Crippen molar-refractivity contribution in [3.05, 3.63) is 18.2 Å². The molecule has 1 aromatic rings. The smallest absolute Gasteiger partial charge is 0.326 e. The fourth-order valence-electron chi connectivity index (χ4n) is 2.57. The van der Waals surface area contributed by atoms with Crippen LogP contribution < -0.4 is 21.7 Å². The maximum Gasteiger partial charge on any atom is 0.326 e. The summed E-state index contributed by atoms with van der Waals surface area (Å²) in [5.41, 5.74) is 6.00. The summed E-state index contributed by atoms with van der Waals surface area (Å²) in [5, 5.41) is 33.3. The molecule has 1 aromatic heterocycles. The fourth-order valence-corrected chi connectivity index (χ4v) is 2.57. The average Bonchev–Trinajstić information content (AvgIpc) is 3.23. The van der Waals surface area contributed by atoms with Crippen LogP contribution in [0.5, 0.6) is 0 Å². The predicted molar refractivity (Wildman–Crippen MR) is 108 cm³/mol. The number of carboxylic acids is 3. The van der Waals surface area contributed by atoms with Gasteiger partial charge >= 0.3 is 17.9 Å². The van der Waals surface area contributed by atoms with Crippen LogP contribution in [-0.2, 0) is 35.2 Å². The predicted octanol–water partition coefficient (Wildman–Crippen LogP) is -2.82. The third-order valence-corrected chi connectivity index (χ3v) is 4.36. The fraction of sp³-hybridized carbons (Fsp3) is 0.500. The van der Waals surface area contributed by atoms with E-state index in [0.29, 0.717) is 5.69 Å². The second-order valence-electron chi connectivity index (χ2n) is 7.11. The van der Waals surface area contributed by atoms with E-state index >= 15 is 0 Å². The summed E-state index contributed by atoms with van der Waals surface area (Å²) < 4.78 is 0. The van der Waals surface area contributed by atoms with Gasteiger partial charge in [0.1, 0.15) is 18.1 Å². The van der Waals surface area contributed by atoms with E-state index in [9.17, 15) is 28.8 Å². The number of nitrogens with zero attached hydrogens (tertiary/aromatic N) is 1. The van der Waals surface area contributed by atoms with Crippen molar-refractivity contribution in [1.29, 1.82) is 0 Å². The lowest BCUT2D eigenvalue weighted by molar-refractivity contribution is -0.147. The van der Waals surface area contributed by atoms with E-state index in [-0.39, 0.29) is 19.3 Å². The van der Waals surface area contributed by atoms with Crippen LogP contribution in [0.1, 0.15) is 31.9 Å². The maximum atomic E-state index is 12.6. The standard InChI is InChI=1S/C18H26N6O9/c1-8(22-16(30)10(19)2-3-13(25)26)15(29)23-11(4-9-6-20-7-21-9)17(31)24-12(18(32)33)5-14(27)28/h6-8,10-12H,2-5,19H2,1H3,(H,20,21)(H,22,30)(H,23,29)(H,24,31)(H,25,26)(H,27,28)(H,32,33). The van der Waals surface area contributed by atoms with Crippen molar-refractivity contribution >= 4 is 35.6 Å². The lowest BCUT2D eigenvalue weighted by Crippen LogP contribution is -2.57. The number of amides is 3. The summed E-state index contributed by atoms with van der Waals surface area (Å²) in [5.74, 6) is -6.73. The van der Waals surface area contributed by atoms with Gasteiger partial charge in [-0.2, -0.15) is 0 Å². The van der Waals surface area contributed by atoms with Crippen LogP contribution in [-0.4, -0.2) is 85.1 Å². The van der Waals surface area contributed by atoms with Gasteiger partial charge in [-0.05, 0) is 13.3 Å². The molecule has 9 N–H and O–H groups in total. The molecule has 0 saturated heterocycles. The number of hydrogen-bond acceptors (Lipinski definition) is 8. The minimum Gasteiger partial charge on any atom is -0.481 e. The molecule has 4 atom stereocenters. The van der Waals surface area contributed by atoms with Crippen LogP contribution in [0.4, 0.5) is 0 Å². The van der Waals surface area contributed by atoms with Crippen LogP contribution in [0.2, 0.25) is 0 Å². The number of carbonyl (C=O) groups excluding carboxylic acids is 3. The second kappa shape index (κ2) is 12.7. The van der Waals surface area contributed by atoms with E-state index in [2.05, 4.69) is 25.9 Å². The molecule has 182 valence electrons. The van der Waals surface area contributed by atoms with Crippen LogP contribution in [0.15, 0.2) is 12.5 Å². The van der Waals surface area contributed by atoms with E-state index in [1.165, 1.54) is 19.4 Å². The highest BCUT2D eigenvalue weighted by atomic mass is 16.4. The molecule has 15 nitrogen and oxygen atoms in total. The van der Waals surface area contributed by atoms with Crippen LogP contribution >= 0.6 is 0 Å². The first kappa shape index (κ1) is 27.0. The van der Waals surface area contributed by atoms with Crippen molar-refractivity contribution in [2.24, 2.45) is 5.73 Å². The molecule has 33 heavy (non-hydrogen) atoms. The Labute approximate surface area is 187 Å². The highest BCUT2D eigenvalue weighted by molar-refractivity contribution is 5.94. The van der Waals surface area contributed by atoms with Gasteiger partial charge in [0.05, 0.1) is 18.8 Å². The van der Waals surface area contributed by atoms with E-state index in [4.69, 9.17) is 21.1 Å². The number of nitrogens with two attached hydrogens (primary N) is 1. The molecule has 0 fully saturated rings. The number of hydrogen-bond donors (Lipinski definition) is 8. The Balaban J connectivity index is 2.85. The van der Waals surface area contributed by atoms with Gasteiger partial charge in [0.25, 0.3) is 0 Å². The summed E-state index contributed by atoms with van der Waals surface area (Å²) in [6, 6.07) is -5.43. The van der Waals surface area contributed by atoms with Crippen LogP contribution in [0.3, 0.4) is 0 Å². The number of carboxylic acid groups (broad SMARTS) is 3. The molecule has 1 rings (SSSR count). The Morgan fingerprint density at radius 3 is 2.12 bits per heavy atom. The first-order valence-electron chi connectivity index (χ1n) is 9.71. The van der Waals surface area contributed by atoms with Crippen LogP contribution in [0, 0.1) is 0 Å². The SMILES string of the molecule is CC(NC(=O)C(N)CCC(=O)O)C(=O)NC(Cc1cnc[nH]1)C(=O)NC(CC(=O)O)C(=O)O. The van der Waals surface area contributed by atoms with Gasteiger partial charge in [-0.3, -0.25) is 24.0 Å². The number of rotatable bonds is 14. The van der Waals surface area contributed by atoms with Crippen molar-refractivity contribution in [2.75, 3.05) is 0 Å². The van der Waals surface area contributed by atoms with Crippen molar-refractivity contribution in [3.8, 4) is 0 Å². The Morgan fingerprint density at radius 1 is 0.970 bits per heavy atom. The van der Waals surface area contributed by atoms with Gasteiger partial charge in [0.15, 0.2) is 0 Å². The summed E-state index contributed by atoms with van der Waals surface area (Å²) >= 11 is 0. The Kier molecular flexibility index (Phi) is 10.4. The second-order valence-corrected chi connectivity index (χ2v) is 7.11. The monoisotopic (exact) mass is 470 g/mol. The molecule has 15 heteroatoms. The first-order valence-corrected chi connectivity index (χ1v) is 9.71. The first-order chi connectivity index (χ1) is 15.4. The molecule has 0 spiro atoms. The molecule has 0 aliphatic rings. The number of aromatic nitrogens is 2. The van der Waals surface area contributed by atoms with Crippen molar-refractivity contribution in [2.45, 2.75) is 56.8 Å². The zero-order valence-electron chi connectivity index (χ0n) is 17.6. The molecular weight excluding hydrogens is 444 g/mol. The maximum absolute atomic E-state index is 12.6. The van der Waals surface area contributed by atoms with E-state index in [0.717, 1.165) is 0 Å². The molecule has 0 radical (unpaired) electrons. The largest absolute Gasteiger partial charge is 0.481 e. The molecule has 4 unspecified atom stereocenters. The van der Waals surface area contributed by atoms with Crippen molar-refractivity contribution in [1.82, 2.24) is 25.9 Å². The van der Waals surface area contributed by atoms with Crippen molar-refractivity contribution < 1.29 is 44.1 Å². The summed E-state index contributed by atoms with van der Waals surface area (Å²) in [7, 11) is 0. The lowest BCUT2D eigenvalue weighted by Gasteiger charge is -2.23. The molecule has 0 bridgehead atoms. The van der Waals surface area contributed by atoms with E-state index in [1.807, 2.05) is 0 Å². The highest BCUT2D eigenvalue weighted by Gasteiger charge is 2.30. The van der Waals surface area contributed by atoms with Gasteiger partial charge in [-0.1, -0.05) is 0 Å². The Morgan fingerprint density at radius 2 is 1.61 bits per heavy atom. The molecule has 0 aliphatic carbocycles. The zero-order chi connectivity index (χ0) is 25.1. The average molecular weight is 470 g/mol. The van der Waals surface area contributed by atoms with Gasteiger partial charge < -0.3 is 42.0 Å². The molecule has 1 heterocycles. The van der Waals surface area contributed by atoms with Gasteiger partial charge in [-0.15, -0.1) is 0 Å². The quantitative estimate of drug-likeness (QED) is 0.137. The Bertz CT molecular complexity index is 873. The summed E-state index contributed by atoms with van der Waals surface area (Å²) in [6.07, 6.45) is 1.16. The lowest BCUT2D eigenvalue weighted by atomic mass is 10.1. The minimum atomic E-state index is -1.74. The van der Waals surface area contributed by atoms with Crippen molar-refractivity contribution in [3.63, 3.8) is 0 Å². The summed E-state index contributed by atoms with van der Waals surface area (Å²) in [4.78, 5) is 76.4. The van der Waals surface area contributed by atoms with Crippen LogP contribution in [0.25, 0.3) is 0 Å². The highest BCUT2D eigenvalue weighted by Crippen LogP contribution is 2.03. The third-order valence-electron chi connectivity index (χ3n) is 4.36. The number of nitrogens with one attached hydrogen (secondary N) is 4. The number of carbonyl (C=O) groups is 6. The minimum absolute atomic E-state index is 0.143. The number of aliphatic carboxylic acids is 3. The van der Waals surface area contributed by atoms with Gasteiger partial charge in [-0.25, -0.2) is 9.78 Å². The zero-order valence-corrected chi connectivity index (χ0v) is 17.6. The number of imidazole rings is 1. The number of H-pyrrole nitrogens is 1. The molecule has 0 aromatic carbocycles. The summed E-state index contributed by atoms with van der Waals surface area (Å²) in [6.45, 7) is 1.30. The topological polar surface area (TPSA) is 254 Å².